The molecule has 4 nitrogen and oxygen atoms in total. The van der Waals surface area contributed by atoms with Gasteiger partial charge >= 0.3 is 0 Å². The monoisotopic (exact) mass is 311 g/mol. The van der Waals surface area contributed by atoms with Crippen molar-refractivity contribution in [2.45, 2.75) is 38.3 Å². The van der Waals surface area contributed by atoms with E-state index in [9.17, 15) is 0 Å². The minimum Gasteiger partial charge on any atom is -0.489 e. The molecule has 0 radical (unpaired) electrons. The van der Waals surface area contributed by atoms with Crippen LogP contribution >= 0.6 is 11.6 Å². The highest BCUT2D eigenvalue weighted by molar-refractivity contribution is 6.32. The molecule has 5 heteroatoms. The first-order valence-corrected chi connectivity index (χ1v) is 7.95. The zero-order chi connectivity index (χ0) is 14.7. The van der Waals surface area contributed by atoms with Gasteiger partial charge in [0.25, 0.3) is 0 Å². The van der Waals surface area contributed by atoms with Crippen LogP contribution in [0.4, 0.5) is 0 Å². The summed E-state index contributed by atoms with van der Waals surface area (Å²) in [4.78, 5) is 0. The van der Waals surface area contributed by atoms with Crippen LogP contribution in [0.15, 0.2) is 12.1 Å². The molecule has 1 unspecified atom stereocenters. The highest BCUT2D eigenvalue weighted by atomic mass is 35.5. The van der Waals surface area contributed by atoms with Crippen molar-refractivity contribution in [3.05, 3.63) is 22.7 Å². The SMILES string of the molecule is CC1(NCc2cc(Cl)c3c(c2)OCCCO3)CCCOC1. The van der Waals surface area contributed by atoms with Crippen molar-refractivity contribution in [1.29, 1.82) is 0 Å². The van der Waals surface area contributed by atoms with E-state index in [1.54, 1.807) is 0 Å². The largest absolute Gasteiger partial charge is 0.489 e. The van der Waals surface area contributed by atoms with Gasteiger partial charge < -0.3 is 19.5 Å². The smallest absolute Gasteiger partial charge is 0.179 e. The van der Waals surface area contributed by atoms with Crippen LogP contribution in [-0.2, 0) is 11.3 Å². The van der Waals surface area contributed by atoms with Crippen LogP contribution < -0.4 is 14.8 Å². The molecule has 2 aliphatic rings. The number of fused-ring (bicyclic) bond motifs is 1. The van der Waals surface area contributed by atoms with E-state index in [1.807, 2.05) is 12.1 Å². The quantitative estimate of drug-likeness (QED) is 0.931. The average Bonchev–Trinajstić information content (AvgIpc) is 2.72. The van der Waals surface area contributed by atoms with Crippen molar-refractivity contribution < 1.29 is 14.2 Å². The Balaban J connectivity index is 1.71. The third-order valence-corrected chi connectivity index (χ3v) is 4.30. The van der Waals surface area contributed by atoms with Gasteiger partial charge in [0.2, 0.25) is 0 Å². The normalized spacial score (nSPS) is 25.4. The van der Waals surface area contributed by atoms with E-state index in [0.717, 1.165) is 50.3 Å². The molecule has 21 heavy (non-hydrogen) atoms. The van der Waals surface area contributed by atoms with E-state index in [0.29, 0.717) is 24.0 Å². The molecule has 1 aromatic rings. The zero-order valence-electron chi connectivity index (χ0n) is 12.4. The molecule has 1 N–H and O–H groups in total. The van der Waals surface area contributed by atoms with E-state index in [4.69, 9.17) is 25.8 Å². The van der Waals surface area contributed by atoms with Crippen LogP contribution in [0.3, 0.4) is 0 Å². The van der Waals surface area contributed by atoms with Crippen molar-refractivity contribution in [3.63, 3.8) is 0 Å². The Bertz CT molecular complexity index is 501. The molecular formula is C16H22ClNO3. The maximum absolute atomic E-state index is 6.32. The second kappa shape index (κ2) is 6.42. The molecule has 0 aliphatic carbocycles. The number of nitrogens with one attached hydrogen (secondary N) is 1. The summed E-state index contributed by atoms with van der Waals surface area (Å²) >= 11 is 6.32. The van der Waals surface area contributed by atoms with Crippen molar-refractivity contribution in [1.82, 2.24) is 5.32 Å². The van der Waals surface area contributed by atoms with Gasteiger partial charge in [0.1, 0.15) is 0 Å². The van der Waals surface area contributed by atoms with Gasteiger partial charge in [-0.25, -0.2) is 0 Å². The van der Waals surface area contributed by atoms with Gasteiger partial charge in [0.15, 0.2) is 11.5 Å². The molecule has 1 atom stereocenters. The molecule has 116 valence electrons. The Labute approximate surface area is 130 Å². The second-order valence-corrected chi connectivity index (χ2v) is 6.43. The van der Waals surface area contributed by atoms with Gasteiger partial charge in [-0.15, -0.1) is 0 Å². The maximum atomic E-state index is 6.32. The molecule has 0 spiro atoms. The highest BCUT2D eigenvalue weighted by Crippen LogP contribution is 2.38. The minimum atomic E-state index is 0.0366. The van der Waals surface area contributed by atoms with Gasteiger partial charge in [0, 0.05) is 25.1 Å². The summed E-state index contributed by atoms with van der Waals surface area (Å²) < 4.78 is 16.9. The topological polar surface area (TPSA) is 39.7 Å². The lowest BCUT2D eigenvalue weighted by Gasteiger charge is -2.34. The summed E-state index contributed by atoms with van der Waals surface area (Å²) in [5, 5.41) is 4.21. The lowest BCUT2D eigenvalue weighted by molar-refractivity contribution is 0.0278. The first-order valence-electron chi connectivity index (χ1n) is 7.57. The molecule has 0 amide bonds. The van der Waals surface area contributed by atoms with Crippen molar-refractivity contribution >= 4 is 11.6 Å². The molecule has 2 heterocycles. The van der Waals surface area contributed by atoms with E-state index in [1.165, 1.54) is 0 Å². The number of halogens is 1. The summed E-state index contributed by atoms with van der Waals surface area (Å²) in [6, 6.07) is 3.97. The Morgan fingerprint density at radius 3 is 2.86 bits per heavy atom. The molecule has 2 aliphatic heterocycles. The van der Waals surface area contributed by atoms with Crippen LogP contribution in [0, 0.1) is 0 Å². The molecular weight excluding hydrogens is 290 g/mol. The van der Waals surface area contributed by atoms with Gasteiger partial charge in [0.05, 0.1) is 24.8 Å². The van der Waals surface area contributed by atoms with Crippen LogP contribution in [0.5, 0.6) is 11.5 Å². The molecule has 0 bridgehead atoms. The molecule has 0 saturated carbocycles. The van der Waals surface area contributed by atoms with E-state index in [-0.39, 0.29) is 5.54 Å². The average molecular weight is 312 g/mol. The number of hydrogen-bond donors (Lipinski definition) is 1. The fourth-order valence-electron chi connectivity index (χ4n) is 2.78. The van der Waals surface area contributed by atoms with Crippen molar-refractivity contribution in [2.24, 2.45) is 0 Å². The fourth-order valence-corrected chi connectivity index (χ4v) is 3.06. The van der Waals surface area contributed by atoms with Gasteiger partial charge in [-0.05, 0) is 37.5 Å². The third kappa shape index (κ3) is 3.62. The summed E-state index contributed by atoms with van der Waals surface area (Å²) in [5.41, 5.74) is 1.14. The second-order valence-electron chi connectivity index (χ2n) is 6.03. The molecule has 0 aromatic heterocycles. The zero-order valence-corrected chi connectivity index (χ0v) is 13.2. The standard InChI is InChI=1S/C16H22ClNO3/c1-16(4-2-5-19-11-16)18-10-12-8-13(17)15-14(9-12)20-6-3-7-21-15/h8-9,18H,2-7,10-11H2,1H3. The Morgan fingerprint density at radius 1 is 1.19 bits per heavy atom. The number of benzene rings is 1. The van der Waals surface area contributed by atoms with Crippen LogP contribution in [0.25, 0.3) is 0 Å². The first kappa shape index (κ1) is 14.9. The molecule has 1 fully saturated rings. The summed E-state index contributed by atoms with van der Waals surface area (Å²) in [7, 11) is 0. The van der Waals surface area contributed by atoms with E-state index in [2.05, 4.69) is 12.2 Å². The Kier molecular flexibility index (Phi) is 4.57. The Hall–Kier alpha value is -0.970. The number of ether oxygens (including phenoxy) is 3. The molecule has 3 rings (SSSR count). The maximum Gasteiger partial charge on any atom is 0.179 e. The third-order valence-electron chi connectivity index (χ3n) is 4.02. The number of rotatable bonds is 3. The predicted octanol–water partition coefficient (Wildman–Crippen LogP) is 3.16. The van der Waals surface area contributed by atoms with Crippen LogP contribution in [-0.4, -0.2) is 32.0 Å². The van der Waals surface area contributed by atoms with Gasteiger partial charge in [-0.2, -0.15) is 0 Å². The summed E-state index contributed by atoms with van der Waals surface area (Å²) in [6.07, 6.45) is 3.12. The van der Waals surface area contributed by atoms with Crippen molar-refractivity contribution in [3.8, 4) is 11.5 Å². The Morgan fingerprint density at radius 2 is 2.05 bits per heavy atom. The fraction of sp³-hybridized carbons (Fsp3) is 0.625. The molecule has 1 saturated heterocycles. The van der Waals surface area contributed by atoms with Crippen LogP contribution in [0.2, 0.25) is 5.02 Å². The molecule has 1 aromatic carbocycles. The first-order chi connectivity index (χ1) is 10.2. The number of hydrogen-bond acceptors (Lipinski definition) is 4. The van der Waals surface area contributed by atoms with Gasteiger partial charge in [-0.3, -0.25) is 0 Å². The van der Waals surface area contributed by atoms with E-state index < -0.39 is 0 Å². The van der Waals surface area contributed by atoms with Gasteiger partial charge in [-0.1, -0.05) is 11.6 Å². The lowest BCUT2D eigenvalue weighted by Crippen LogP contribution is -2.48. The summed E-state index contributed by atoms with van der Waals surface area (Å²) in [6.45, 7) is 5.90. The predicted molar refractivity (Wildman–Crippen MR) is 82.4 cm³/mol. The lowest BCUT2D eigenvalue weighted by atomic mass is 9.94. The summed E-state index contributed by atoms with van der Waals surface area (Å²) in [5.74, 6) is 1.42. The van der Waals surface area contributed by atoms with E-state index >= 15 is 0 Å². The van der Waals surface area contributed by atoms with Crippen molar-refractivity contribution in [2.75, 3.05) is 26.4 Å². The highest BCUT2D eigenvalue weighted by Gasteiger charge is 2.27. The minimum absolute atomic E-state index is 0.0366. The van der Waals surface area contributed by atoms with Crippen LogP contribution in [0.1, 0.15) is 31.7 Å².